The molecule has 0 saturated carbocycles. The van der Waals surface area contributed by atoms with Gasteiger partial charge in [-0.1, -0.05) is 6.07 Å². The molecule has 0 aliphatic carbocycles. The highest BCUT2D eigenvalue weighted by Crippen LogP contribution is 2.25. The maximum absolute atomic E-state index is 5.48. The van der Waals surface area contributed by atoms with E-state index >= 15 is 0 Å². The number of nitrogens with zero attached hydrogens (tertiary/aromatic N) is 4. The standard InChI is InChI=1S/C21H28N4O2/c1-15-16(2)20(26-3)5-4-17(15)13-24-7-9-25(10-8-24)21-22-12-18-14-27-11-6-19(18)23-21/h4-5,12H,6-11,13-14H2,1-3H3. The van der Waals surface area contributed by atoms with Crippen LogP contribution in [-0.2, 0) is 24.3 Å². The molecular formula is C21H28N4O2. The first-order valence-electron chi connectivity index (χ1n) is 9.68. The van der Waals surface area contributed by atoms with Gasteiger partial charge >= 0.3 is 0 Å². The predicted molar refractivity (Wildman–Crippen MR) is 105 cm³/mol. The van der Waals surface area contributed by atoms with Crippen LogP contribution in [0.5, 0.6) is 5.75 Å². The molecule has 0 radical (unpaired) electrons. The fourth-order valence-electron chi connectivity index (χ4n) is 3.86. The topological polar surface area (TPSA) is 50.7 Å². The average Bonchev–Trinajstić information content (AvgIpc) is 2.72. The van der Waals surface area contributed by atoms with Gasteiger partial charge in [-0.25, -0.2) is 9.97 Å². The molecular weight excluding hydrogens is 340 g/mol. The lowest BCUT2D eigenvalue weighted by Crippen LogP contribution is -2.46. The minimum absolute atomic E-state index is 0.643. The lowest BCUT2D eigenvalue weighted by atomic mass is 10.0. The van der Waals surface area contributed by atoms with Gasteiger partial charge < -0.3 is 14.4 Å². The maximum Gasteiger partial charge on any atom is 0.225 e. The summed E-state index contributed by atoms with van der Waals surface area (Å²) in [6.07, 6.45) is 2.83. The van der Waals surface area contributed by atoms with Crippen molar-refractivity contribution in [1.82, 2.24) is 14.9 Å². The Balaban J connectivity index is 1.39. The lowest BCUT2D eigenvalue weighted by Gasteiger charge is -2.35. The molecule has 0 atom stereocenters. The van der Waals surface area contributed by atoms with Crippen molar-refractivity contribution >= 4 is 5.95 Å². The number of hydrogen-bond acceptors (Lipinski definition) is 6. The highest BCUT2D eigenvalue weighted by atomic mass is 16.5. The van der Waals surface area contributed by atoms with Gasteiger partial charge in [0.15, 0.2) is 0 Å². The van der Waals surface area contributed by atoms with E-state index in [1.54, 1.807) is 7.11 Å². The number of piperazine rings is 1. The summed E-state index contributed by atoms with van der Waals surface area (Å²) in [6.45, 7) is 10.7. The van der Waals surface area contributed by atoms with Crippen molar-refractivity contribution < 1.29 is 9.47 Å². The van der Waals surface area contributed by atoms with Gasteiger partial charge in [0.2, 0.25) is 5.95 Å². The summed E-state index contributed by atoms with van der Waals surface area (Å²) in [5.41, 5.74) is 6.23. The van der Waals surface area contributed by atoms with Crippen LogP contribution < -0.4 is 9.64 Å². The van der Waals surface area contributed by atoms with E-state index in [1.165, 1.54) is 16.7 Å². The van der Waals surface area contributed by atoms with E-state index < -0.39 is 0 Å². The van der Waals surface area contributed by atoms with E-state index in [2.05, 4.69) is 40.8 Å². The summed E-state index contributed by atoms with van der Waals surface area (Å²) in [4.78, 5) is 14.2. The van der Waals surface area contributed by atoms with Crippen molar-refractivity contribution in [3.05, 3.63) is 46.3 Å². The van der Waals surface area contributed by atoms with Crippen LogP contribution in [0.25, 0.3) is 0 Å². The minimum Gasteiger partial charge on any atom is -0.496 e. The molecule has 0 amide bonds. The SMILES string of the molecule is COc1ccc(CN2CCN(c3ncc4c(n3)CCOC4)CC2)c(C)c1C. The number of hydrogen-bond donors (Lipinski definition) is 0. The van der Waals surface area contributed by atoms with E-state index in [0.717, 1.165) is 68.7 Å². The molecule has 0 unspecified atom stereocenters. The second-order valence-electron chi connectivity index (χ2n) is 7.38. The number of methoxy groups -OCH3 is 1. The summed E-state index contributed by atoms with van der Waals surface area (Å²) in [5.74, 6) is 1.84. The summed E-state index contributed by atoms with van der Waals surface area (Å²) in [5, 5.41) is 0. The van der Waals surface area contributed by atoms with Crippen LogP contribution in [-0.4, -0.2) is 54.8 Å². The third kappa shape index (κ3) is 3.77. The highest BCUT2D eigenvalue weighted by molar-refractivity contribution is 5.43. The molecule has 1 fully saturated rings. The third-order valence-corrected chi connectivity index (χ3v) is 5.80. The molecule has 27 heavy (non-hydrogen) atoms. The molecule has 2 aliphatic rings. The molecule has 6 heteroatoms. The Morgan fingerprint density at radius 1 is 1.11 bits per heavy atom. The zero-order chi connectivity index (χ0) is 18.8. The Bertz CT molecular complexity index is 816. The fraction of sp³-hybridized carbons (Fsp3) is 0.524. The van der Waals surface area contributed by atoms with Crippen LogP contribution in [0.15, 0.2) is 18.3 Å². The van der Waals surface area contributed by atoms with Gasteiger partial charge in [-0.05, 0) is 36.6 Å². The first-order valence-corrected chi connectivity index (χ1v) is 9.68. The summed E-state index contributed by atoms with van der Waals surface area (Å²) >= 11 is 0. The first kappa shape index (κ1) is 18.2. The van der Waals surface area contributed by atoms with Gasteiger partial charge in [-0.3, -0.25) is 4.90 Å². The van der Waals surface area contributed by atoms with Gasteiger partial charge in [0.1, 0.15) is 5.75 Å². The Morgan fingerprint density at radius 2 is 1.93 bits per heavy atom. The van der Waals surface area contributed by atoms with Crippen LogP contribution >= 0.6 is 0 Å². The number of rotatable bonds is 4. The smallest absolute Gasteiger partial charge is 0.225 e. The van der Waals surface area contributed by atoms with Crippen LogP contribution in [0.4, 0.5) is 5.95 Å². The molecule has 2 aliphatic heterocycles. The van der Waals surface area contributed by atoms with Crippen molar-refractivity contribution in [2.24, 2.45) is 0 Å². The number of anilines is 1. The van der Waals surface area contributed by atoms with Gasteiger partial charge in [0.05, 0.1) is 26.0 Å². The Kier molecular flexibility index (Phi) is 5.27. The summed E-state index contributed by atoms with van der Waals surface area (Å²) < 4.78 is 10.9. The monoisotopic (exact) mass is 368 g/mol. The number of fused-ring (bicyclic) bond motifs is 1. The molecule has 144 valence electrons. The van der Waals surface area contributed by atoms with E-state index in [4.69, 9.17) is 14.5 Å². The molecule has 0 N–H and O–H groups in total. The quantitative estimate of drug-likeness (QED) is 0.827. The Hall–Kier alpha value is -2.18. The van der Waals surface area contributed by atoms with Crippen LogP contribution in [0, 0.1) is 13.8 Å². The normalized spacial score (nSPS) is 17.7. The average molecular weight is 368 g/mol. The van der Waals surface area contributed by atoms with E-state index in [-0.39, 0.29) is 0 Å². The molecule has 1 aromatic heterocycles. The van der Waals surface area contributed by atoms with E-state index in [1.807, 2.05) is 6.20 Å². The highest BCUT2D eigenvalue weighted by Gasteiger charge is 2.21. The molecule has 4 rings (SSSR count). The van der Waals surface area contributed by atoms with Crippen LogP contribution in [0.2, 0.25) is 0 Å². The van der Waals surface area contributed by atoms with Crippen molar-refractivity contribution in [2.45, 2.75) is 33.4 Å². The molecule has 0 spiro atoms. The summed E-state index contributed by atoms with van der Waals surface area (Å²) in [7, 11) is 1.73. The largest absolute Gasteiger partial charge is 0.496 e. The van der Waals surface area contributed by atoms with E-state index in [0.29, 0.717) is 6.61 Å². The zero-order valence-corrected chi connectivity index (χ0v) is 16.5. The van der Waals surface area contributed by atoms with Crippen molar-refractivity contribution in [3.63, 3.8) is 0 Å². The lowest BCUT2D eigenvalue weighted by molar-refractivity contribution is 0.109. The van der Waals surface area contributed by atoms with Gasteiger partial charge in [-0.15, -0.1) is 0 Å². The Labute approximate surface area is 161 Å². The molecule has 1 saturated heterocycles. The number of aromatic nitrogens is 2. The van der Waals surface area contributed by atoms with Gasteiger partial charge in [0, 0.05) is 50.9 Å². The van der Waals surface area contributed by atoms with Crippen molar-refractivity contribution in [1.29, 1.82) is 0 Å². The summed E-state index contributed by atoms with van der Waals surface area (Å²) in [6, 6.07) is 4.28. The molecule has 2 aromatic rings. The predicted octanol–water partition coefficient (Wildman–Crippen LogP) is 2.50. The second-order valence-corrected chi connectivity index (χ2v) is 7.38. The van der Waals surface area contributed by atoms with Crippen LogP contribution in [0.3, 0.4) is 0 Å². The minimum atomic E-state index is 0.643. The maximum atomic E-state index is 5.48. The molecule has 0 bridgehead atoms. The van der Waals surface area contributed by atoms with Crippen molar-refractivity contribution in [3.8, 4) is 5.75 Å². The first-order chi connectivity index (χ1) is 13.2. The van der Waals surface area contributed by atoms with Crippen molar-refractivity contribution in [2.75, 3.05) is 44.8 Å². The number of benzene rings is 1. The van der Waals surface area contributed by atoms with E-state index in [9.17, 15) is 0 Å². The fourth-order valence-corrected chi connectivity index (χ4v) is 3.86. The molecule has 1 aromatic carbocycles. The zero-order valence-electron chi connectivity index (χ0n) is 16.5. The second kappa shape index (κ2) is 7.82. The Morgan fingerprint density at radius 3 is 2.70 bits per heavy atom. The van der Waals surface area contributed by atoms with Crippen LogP contribution in [0.1, 0.15) is 27.9 Å². The number of ether oxygens (including phenoxy) is 2. The third-order valence-electron chi connectivity index (χ3n) is 5.80. The molecule has 6 nitrogen and oxygen atoms in total. The van der Waals surface area contributed by atoms with Gasteiger partial charge in [0.25, 0.3) is 0 Å². The molecule has 3 heterocycles. The van der Waals surface area contributed by atoms with Gasteiger partial charge in [-0.2, -0.15) is 0 Å².